The number of carbonyl (C=O) groups is 1. The molecule has 1 saturated carbocycles. The molecule has 0 unspecified atom stereocenters. The first kappa shape index (κ1) is 14.9. The first-order valence-corrected chi connectivity index (χ1v) is 7.02. The molecule has 4 heteroatoms. The van der Waals surface area contributed by atoms with Crippen LogP contribution in [0.4, 0.5) is 0 Å². The van der Waals surface area contributed by atoms with E-state index in [0.717, 1.165) is 18.6 Å². The number of ether oxygens (including phenoxy) is 1. The van der Waals surface area contributed by atoms with E-state index in [0.29, 0.717) is 12.1 Å². The molecule has 0 heterocycles. The second-order valence-electron chi connectivity index (χ2n) is 6.58. The molecule has 0 saturated heterocycles. The van der Waals surface area contributed by atoms with Crippen molar-refractivity contribution in [2.75, 3.05) is 13.2 Å². The maximum absolute atomic E-state index is 12.0. The van der Waals surface area contributed by atoms with Crippen LogP contribution in [0.25, 0.3) is 0 Å². The van der Waals surface area contributed by atoms with Gasteiger partial charge in [-0.25, -0.2) is 0 Å². The van der Waals surface area contributed by atoms with Crippen LogP contribution in [-0.2, 0) is 0 Å². The Bertz CT molecular complexity index is 469. The molecule has 2 rings (SSSR count). The summed E-state index contributed by atoms with van der Waals surface area (Å²) in [6.45, 7) is 6.64. The largest absolute Gasteiger partial charge is 0.488 e. The molecule has 0 radical (unpaired) electrons. The van der Waals surface area contributed by atoms with Gasteiger partial charge in [0.05, 0.1) is 6.61 Å². The van der Waals surface area contributed by atoms with Gasteiger partial charge in [-0.2, -0.15) is 0 Å². The van der Waals surface area contributed by atoms with E-state index in [4.69, 9.17) is 4.74 Å². The maximum Gasteiger partial charge on any atom is 0.251 e. The molecule has 4 nitrogen and oxygen atoms in total. The number of hydrogen-bond donors (Lipinski definition) is 2. The number of hydrogen-bond acceptors (Lipinski definition) is 3. The van der Waals surface area contributed by atoms with Crippen molar-refractivity contribution in [2.24, 2.45) is 5.41 Å². The van der Waals surface area contributed by atoms with Gasteiger partial charge in [0.15, 0.2) is 0 Å². The lowest BCUT2D eigenvalue weighted by atomic mass is 10.1. The van der Waals surface area contributed by atoms with Gasteiger partial charge in [-0.3, -0.25) is 4.79 Å². The maximum atomic E-state index is 12.0. The second-order valence-corrected chi connectivity index (χ2v) is 6.58. The fraction of sp³-hybridized carbons (Fsp3) is 0.562. The fourth-order valence-electron chi connectivity index (χ4n) is 1.97. The zero-order valence-corrected chi connectivity index (χ0v) is 12.4. The molecule has 1 aliphatic carbocycles. The van der Waals surface area contributed by atoms with Crippen LogP contribution in [0, 0.1) is 5.41 Å². The van der Waals surface area contributed by atoms with E-state index in [1.165, 1.54) is 0 Å². The first-order valence-electron chi connectivity index (χ1n) is 7.02. The topological polar surface area (TPSA) is 58.6 Å². The van der Waals surface area contributed by atoms with E-state index in [1.807, 2.05) is 20.8 Å². The minimum atomic E-state index is -0.247. The van der Waals surface area contributed by atoms with Crippen molar-refractivity contribution in [3.05, 3.63) is 29.8 Å². The molecule has 1 fully saturated rings. The first-order chi connectivity index (χ1) is 9.34. The normalized spacial score (nSPS) is 16.6. The molecule has 1 aromatic carbocycles. The SMILES string of the molecule is CC(C)(C)Oc1ccc(C(=O)NCC2(CO)CC2)cc1. The van der Waals surface area contributed by atoms with Crippen molar-refractivity contribution in [3.8, 4) is 5.75 Å². The third kappa shape index (κ3) is 3.97. The molecule has 110 valence electrons. The standard InChI is InChI=1S/C16H23NO3/c1-15(2,3)20-13-6-4-12(5-7-13)14(19)17-10-16(11-18)8-9-16/h4-7,18H,8-11H2,1-3H3,(H,17,19). The van der Waals surface area contributed by atoms with Gasteiger partial charge in [0.2, 0.25) is 0 Å². The Morgan fingerprint density at radius 2 is 1.90 bits per heavy atom. The van der Waals surface area contributed by atoms with Crippen molar-refractivity contribution < 1.29 is 14.6 Å². The molecule has 1 aliphatic rings. The highest BCUT2D eigenvalue weighted by atomic mass is 16.5. The Hall–Kier alpha value is -1.55. The van der Waals surface area contributed by atoms with Crippen LogP contribution in [0.5, 0.6) is 5.75 Å². The zero-order valence-electron chi connectivity index (χ0n) is 12.4. The number of aliphatic hydroxyl groups excluding tert-OH is 1. The van der Waals surface area contributed by atoms with Crippen LogP contribution in [0.3, 0.4) is 0 Å². The number of benzene rings is 1. The average Bonchev–Trinajstić information content (AvgIpc) is 3.16. The molecular formula is C16H23NO3. The summed E-state index contributed by atoms with van der Waals surface area (Å²) in [6, 6.07) is 7.13. The Morgan fingerprint density at radius 3 is 2.35 bits per heavy atom. The Kier molecular flexibility index (Phi) is 4.04. The second kappa shape index (κ2) is 5.44. The minimum absolute atomic E-state index is 0.0645. The lowest BCUT2D eigenvalue weighted by Crippen LogP contribution is -2.31. The summed E-state index contributed by atoms with van der Waals surface area (Å²) in [5, 5.41) is 12.1. The van der Waals surface area contributed by atoms with Crippen molar-refractivity contribution in [1.29, 1.82) is 0 Å². The molecule has 0 bridgehead atoms. The molecule has 0 aromatic heterocycles. The van der Waals surface area contributed by atoms with E-state index < -0.39 is 0 Å². The number of rotatable bonds is 5. The summed E-state index contributed by atoms with van der Waals surface area (Å²) < 4.78 is 5.71. The Balaban J connectivity index is 1.90. The molecule has 0 atom stereocenters. The average molecular weight is 277 g/mol. The van der Waals surface area contributed by atoms with E-state index in [1.54, 1.807) is 24.3 Å². The van der Waals surface area contributed by atoms with Gasteiger partial charge in [0, 0.05) is 17.5 Å². The summed E-state index contributed by atoms with van der Waals surface area (Å²) in [5.41, 5.74) is 0.300. The van der Waals surface area contributed by atoms with Crippen LogP contribution >= 0.6 is 0 Å². The Morgan fingerprint density at radius 1 is 1.30 bits per heavy atom. The molecule has 0 spiro atoms. The summed E-state index contributed by atoms with van der Waals surface area (Å²) in [4.78, 5) is 12.0. The molecular weight excluding hydrogens is 254 g/mol. The van der Waals surface area contributed by atoms with Gasteiger partial charge in [-0.15, -0.1) is 0 Å². The Labute approximate surface area is 120 Å². The zero-order chi connectivity index (χ0) is 14.8. The fourth-order valence-corrected chi connectivity index (χ4v) is 1.97. The predicted molar refractivity (Wildman–Crippen MR) is 77.9 cm³/mol. The van der Waals surface area contributed by atoms with Crippen LogP contribution in [-0.4, -0.2) is 29.8 Å². The molecule has 20 heavy (non-hydrogen) atoms. The lowest BCUT2D eigenvalue weighted by Gasteiger charge is -2.21. The number of nitrogens with one attached hydrogen (secondary N) is 1. The number of aliphatic hydroxyl groups is 1. The predicted octanol–water partition coefficient (Wildman–Crippen LogP) is 2.37. The van der Waals surface area contributed by atoms with Crippen LogP contribution in [0.1, 0.15) is 44.0 Å². The molecule has 1 amide bonds. The molecule has 2 N–H and O–H groups in total. The van der Waals surface area contributed by atoms with E-state index in [9.17, 15) is 9.90 Å². The van der Waals surface area contributed by atoms with Crippen molar-refractivity contribution in [2.45, 2.75) is 39.2 Å². The van der Waals surface area contributed by atoms with Crippen molar-refractivity contribution in [1.82, 2.24) is 5.32 Å². The van der Waals surface area contributed by atoms with Gasteiger partial charge in [0.1, 0.15) is 11.4 Å². The van der Waals surface area contributed by atoms with Crippen LogP contribution in [0.2, 0.25) is 0 Å². The highest BCUT2D eigenvalue weighted by Gasteiger charge is 2.42. The number of carbonyl (C=O) groups excluding carboxylic acids is 1. The van der Waals surface area contributed by atoms with E-state index in [-0.39, 0.29) is 23.5 Å². The smallest absolute Gasteiger partial charge is 0.251 e. The quantitative estimate of drug-likeness (QED) is 0.868. The van der Waals surface area contributed by atoms with Gasteiger partial charge in [-0.05, 0) is 57.9 Å². The van der Waals surface area contributed by atoms with E-state index in [2.05, 4.69) is 5.32 Å². The van der Waals surface area contributed by atoms with Crippen LogP contribution < -0.4 is 10.1 Å². The highest BCUT2D eigenvalue weighted by Crippen LogP contribution is 2.44. The summed E-state index contributed by atoms with van der Waals surface area (Å²) >= 11 is 0. The monoisotopic (exact) mass is 277 g/mol. The number of amides is 1. The summed E-state index contributed by atoms with van der Waals surface area (Å²) in [5.74, 6) is 0.648. The highest BCUT2D eigenvalue weighted by molar-refractivity contribution is 5.94. The van der Waals surface area contributed by atoms with Crippen LogP contribution in [0.15, 0.2) is 24.3 Å². The van der Waals surface area contributed by atoms with Gasteiger partial charge in [0.25, 0.3) is 5.91 Å². The lowest BCUT2D eigenvalue weighted by molar-refractivity contribution is 0.0935. The van der Waals surface area contributed by atoms with Gasteiger partial charge >= 0.3 is 0 Å². The van der Waals surface area contributed by atoms with Crippen molar-refractivity contribution in [3.63, 3.8) is 0 Å². The summed E-state index contributed by atoms with van der Waals surface area (Å²) in [7, 11) is 0. The van der Waals surface area contributed by atoms with Gasteiger partial charge < -0.3 is 15.2 Å². The molecule has 0 aliphatic heterocycles. The minimum Gasteiger partial charge on any atom is -0.488 e. The third-order valence-corrected chi connectivity index (χ3v) is 3.46. The molecule has 1 aromatic rings. The van der Waals surface area contributed by atoms with E-state index >= 15 is 0 Å². The van der Waals surface area contributed by atoms with Gasteiger partial charge in [-0.1, -0.05) is 0 Å². The van der Waals surface area contributed by atoms with Crippen molar-refractivity contribution >= 4 is 5.91 Å². The summed E-state index contributed by atoms with van der Waals surface area (Å²) in [6.07, 6.45) is 1.98. The third-order valence-electron chi connectivity index (χ3n) is 3.46.